The van der Waals surface area contributed by atoms with Crippen molar-refractivity contribution in [3.63, 3.8) is 0 Å². The van der Waals surface area contributed by atoms with Gasteiger partial charge in [0.25, 0.3) is 12.6 Å². The molecule has 0 spiro atoms. The fourth-order valence-corrected chi connectivity index (χ4v) is 3.45. The number of cyclic esters (lactones) is 2. The van der Waals surface area contributed by atoms with E-state index in [1.54, 1.807) is 0 Å². The summed E-state index contributed by atoms with van der Waals surface area (Å²) in [4.78, 5) is 46.0. The Morgan fingerprint density at radius 3 is 1.62 bits per heavy atom. The van der Waals surface area contributed by atoms with Crippen molar-refractivity contribution in [3.05, 3.63) is 0 Å². The van der Waals surface area contributed by atoms with Crippen LogP contribution < -0.4 is 0 Å². The largest absolute Gasteiger partial charge is 0.425 e. The van der Waals surface area contributed by atoms with E-state index in [9.17, 15) is 19.2 Å². The van der Waals surface area contributed by atoms with Crippen LogP contribution in [0.5, 0.6) is 0 Å². The fraction of sp³-hybridized carbons (Fsp3) is 0.692. The van der Waals surface area contributed by atoms with E-state index in [1.807, 2.05) is 0 Å². The molecule has 0 amide bonds. The number of hydrogen-bond acceptors (Lipinski definition) is 8. The van der Waals surface area contributed by atoms with Crippen molar-refractivity contribution in [2.24, 2.45) is 23.7 Å². The fourth-order valence-electron chi connectivity index (χ4n) is 3.45. The zero-order valence-corrected chi connectivity index (χ0v) is 11.4. The van der Waals surface area contributed by atoms with Gasteiger partial charge < -0.3 is 18.9 Å². The minimum Gasteiger partial charge on any atom is -0.425 e. The van der Waals surface area contributed by atoms with Gasteiger partial charge in [-0.2, -0.15) is 0 Å². The van der Waals surface area contributed by atoms with Crippen LogP contribution in [0.4, 0.5) is 0 Å². The van der Waals surface area contributed by atoms with Crippen LogP contribution >= 0.6 is 0 Å². The highest BCUT2D eigenvalue weighted by Gasteiger charge is 2.66. The first kappa shape index (κ1) is 13.8. The summed E-state index contributed by atoms with van der Waals surface area (Å²) in [7, 11) is 0. The second kappa shape index (κ2) is 4.71. The molecule has 6 atom stereocenters. The molecule has 2 aliphatic heterocycles. The number of esters is 4. The molecular formula is C13H14O8. The number of hydrogen-bond donors (Lipinski definition) is 0. The lowest BCUT2D eigenvalue weighted by Crippen LogP contribution is -2.27. The van der Waals surface area contributed by atoms with E-state index in [0.717, 1.165) is 0 Å². The normalized spacial score (nSPS) is 40.1. The maximum absolute atomic E-state index is 11.9. The Balaban J connectivity index is 1.82. The zero-order valence-electron chi connectivity index (χ0n) is 11.4. The Bertz CT molecular complexity index is 480. The van der Waals surface area contributed by atoms with Crippen molar-refractivity contribution >= 4 is 23.9 Å². The van der Waals surface area contributed by atoms with E-state index in [4.69, 9.17) is 18.9 Å². The summed E-state index contributed by atoms with van der Waals surface area (Å²) in [5.74, 6) is -4.56. The van der Waals surface area contributed by atoms with Crippen LogP contribution in [-0.2, 0) is 38.1 Å². The average molecular weight is 298 g/mol. The second-order valence-electron chi connectivity index (χ2n) is 5.44. The molecule has 114 valence electrons. The van der Waals surface area contributed by atoms with Gasteiger partial charge in [-0.15, -0.1) is 0 Å². The van der Waals surface area contributed by atoms with Crippen LogP contribution in [0, 0.1) is 23.7 Å². The summed E-state index contributed by atoms with van der Waals surface area (Å²) in [6, 6.07) is 0. The quantitative estimate of drug-likeness (QED) is 0.642. The van der Waals surface area contributed by atoms with Crippen molar-refractivity contribution in [3.8, 4) is 0 Å². The van der Waals surface area contributed by atoms with Crippen LogP contribution in [0.3, 0.4) is 0 Å². The van der Waals surface area contributed by atoms with Gasteiger partial charge in [0.2, 0.25) is 0 Å². The molecular weight excluding hydrogens is 284 g/mol. The van der Waals surface area contributed by atoms with Gasteiger partial charge in [0.15, 0.2) is 0 Å². The second-order valence-corrected chi connectivity index (χ2v) is 5.44. The molecule has 0 aromatic rings. The van der Waals surface area contributed by atoms with Crippen molar-refractivity contribution in [1.82, 2.24) is 0 Å². The van der Waals surface area contributed by atoms with Crippen molar-refractivity contribution in [2.45, 2.75) is 32.8 Å². The molecule has 1 saturated carbocycles. The Kier molecular flexibility index (Phi) is 3.11. The van der Waals surface area contributed by atoms with E-state index < -0.39 is 60.1 Å². The Morgan fingerprint density at radius 1 is 0.905 bits per heavy atom. The monoisotopic (exact) mass is 298 g/mol. The summed E-state index contributed by atoms with van der Waals surface area (Å²) in [6.07, 6.45) is -1.63. The van der Waals surface area contributed by atoms with Crippen LogP contribution in [0.25, 0.3) is 0 Å². The molecule has 0 aromatic carbocycles. The molecule has 21 heavy (non-hydrogen) atoms. The molecule has 3 fully saturated rings. The minimum atomic E-state index is -0.989. The maximum atomic E-state index is 11.9. The molecule has 0 bridgehead atoms. The van der Waals surface area contributed by atoms with Gasteiger partial charge in [-0.25, -0.2) is 0 Å². The van der Waals surface area contributed by atoms with Gasteiger partial charge in [-0.3, -0.25) is 19.2 Å². The zero-order chi connectivity index (χ0) is 15.3. The van der Waals surface area contributed by atoms with Gasteiger partial charge in [-0.1, -0.05) is 0 Å². The van der Waals surface area contributed by atoms with E-state index in [-0.39, 0.29) is 0 Å². The molecule has 0 aromatic heterocycles. The first-order valence-electron chi connectivity index (χ1n) is 6.64. The van der Waals surface area contributed by atoms with Crippen molar-refractivity contribution < 1.29 is 38.1 Å². The molecule has 8 heteroatoms. The third-order valence-corrected chi connectivity index (χ3v) is 4.13. The van der Waals surface area contributed by atoms with Gasteiger partial charge in [0, 0.05) is 25.7 Å². The summed E-state index contributed by atoms with van der Waals surface area (Å²) in [5.41, 5.74) is 0. The lowest BCUT2D eigenvalue weighted by atomic mass is 9.89. The van der Waals surface area contributed by atoms with Crippen LogP contribution in [0.2, 0.25) is 0 Å². The Morgan fingerprint density at radius 2 is 1.29 bits per heavy atom. The molecule has 1 aliphatic carbocycles. The summed E-state index contributed by atoms with van der Waals surface area (Å²) < 4.78 is 20.0. The molecule has 8 nitrogen and oxygen atoms in total. The van der Waals surface area contributed by atoms with E-state index in [1.165, 1.54) is 13.8 Å². The smallest absolute Gasteiger partial charge is 0.313 e. The first-order chi connectivity index (χ1) is 9.88. The predicted octanol–water partition coefficient (Wildman–Crippen LogP) is -0.253. The lowest BCUT2D eigenvalue weighted by Gasteiger charge is -2.19. The minimum absolute atomic E-state index is 0.350. The molecule has 3 rings (SSSR count). The van der Waals surface area contributed by atoms with Gasteiger partial charge in [0.1, 0.15) is 0 Å². The molecule has 0 radical (unpaired) electrons. The Hall–Kier alpha value is -2.12. The lowest BCUT2D eigenvalue weighted by molar-refractivity contribution is -0.183. The van der Waals surface area contributed by atoms with Gasteiger partial charge >= 0.3 is 23.9 Å². The van der Waals surface area contributed by atoms with Crippen LogP contribution in [0.1, 0.15) is 20.3 Å². The number of carbonyl (C=O) groups is 4. The topological polar surface area (TPSA) is 105 Å². The molecule has 0 N–H and O–H groups in total. The van der Waals surface area contributed by atoms with Crippen LogP contribution in [0.15, 0.2) is 0 Å². The highest BCUT2D eigenvalue weighted by molar-refractivity contribution is 5.86. The molecule has 2 heterocycles. The van der Waals surface area contributed by atoms with Crippen molar-refractivity contribution in [1.29, 1.82) is 0 Å². The van der Waals surface area contributed by atoms with Crippen molar-refractivity contribution in [2.75, 3.05) is 0 Å². The number of carbonyl (C=O) groups excluding carboxylic acids is 4. The third kappa shape index (κ3) is 2.14. The standard InChI is InChI=1S/C13H14O8/c1-4(14)18-12-6-3-7-9(8(6)10(16)20-12)11(17)21-13(7)19-5(2)15/h6-9,12-13H,3H2,1-2H3/t6-,7-,8-,9-,12?,13?/m1/s1. The Labute approximate surface area is 119 Å². The summed E-state index contributed by atoms with van der Waals surface area (Å²) in [5, 5.41) is 0. The van der Waals surface area contributed by atoms with Gasteiger partial charge in [-0.05, 0) is 6.42 Å². The number of fused-ring (bicyclic) bond motifs is 3. The number of rotatable bonds is 2. The predicted molar refractivity (Wildman–Crippen MR) is 61.9 cm³/mol. The summed E-state index contributed by atoms with van der Waals surface area (Å²) >= 11 is 0. The highest BCUT2D eigenvalue weighted by Crippen LogP contribution is 2.53. The molecule has 2 saturated heterocycles. The van der Waals surface area contributed by atoms with Crippen LogP contribution in [-0.4, -0.2) is 36.5 Å². The third-order valence-electron chi connectivity index (χ3n) is 4.13. The highest BCUT2D eigenvalue weighted by atomic mass is 16.7. The van der Waals surface area contributed by atoms with E-state index in [0.29, 0.717) is 6.42 Å². The maximum Gasteiger partial charge on any atom is 0.313 e. The summed E-state index contributed by atoms with van der Waals surface area (Å²) in [6.45, 7) is 2.43. The SMILES string of the molecule is CC(=O)OC1OC(=O)[C@H]2[C@@H]3C(=O)OC(OC(C)=O)[C@@H]3C[C@@H]12. The number of ether oxygens (including phenoxy) is 4. The van der Waals surface area contributed by atoms with E-state index >= 15 is 0 Å². The molecule has 3 aliphatic rings. The van der Waals surface area contributed by atoms with Gasteiger partial charge in [0.05, 0.1) is 11.8 Å². The van der Waals surface area contributed by atoms with E-state index in [2.05, 4.69) is 0 Å². The first-order valence-corrected chi connectivity index (χ1v) is 6.64. The average Bonchev–Trinajstić information content (AvgIpc) is 2.94. The molecule has 2 unspecified atom stereocenters.